The molecule has 0 radical (unpaired) electrons. The van der Waals surface area contributed by atoms with E-state index in [-0.39, 0.29) is 11.5 Å². The highest BCUT2D eigenvalue weighted by molar-refractivity contribution is 6.00. The molecule has 2 N–H and O–H groups in total. The largest absolute Gasteiger partial charge is 0.491 e. The van der Waals surface area contributed by atoms with E-state index in [1.807, 2.05) is 12.1 Å². The van der Waals surface area contributed by atoms with Crippen LogP contribution in [0.5, 0.6) is 5.75 Å². The number of aldehydes is 1. The van der Waals surface area contributed by atoms with E-state index in [1.54, 1.807) is 0 Å². The number of carbonyl (C=O) groups is 1. The van der Waals surface area contributed by atoms with Gasteiger partial charge in [-0.1, -0.05) is 12.1 Å². The van der Waals surface area contributed by atoms with Crippen LogP contribution in [-0.4, -0.2) is 39.1 Å². The number of rotatable bonds is 6. The van der Waals surface area contributed by atoms with Gasteiger partial charge in [-0.15, -0.1) is 0 Å². The molecule has 7 nitrogen and oxygen atoms in total. The number of aromatic nitrogens is 3. The molecule has 0 unspecified atom stereocenters. The molecule has 1 aromatic carbocycles. The molecule has 2 bridgehead atoms. The van der Waals surface area contributed by atoms with Crippen molar-refractivity contribution >= 4 is 23.1 Å². The summed E-state index contributed by atoms with van der Waals surface area (Å²) in [7, 11) is 0. The number of benzene rings is 1. The van der Waals surface area contributed by atoms with Crippen LogP contribution >= 0.6 is 0 Å². The van der Waals surface area contributed by atoms with E-state index in [0.717, 1.165) is 85.6 Å². The van der Waals surface area contributed by atoms with Gasteiger partial charge in [0.1, 0.15) is 42.0 Å². The molecule has 2 aromatic heterocycles. The highest BCUT2D eigenvalue weighted by Gasteiger charge is 2.46. The van der Waals surface area contributed by atoms with Crippen LogP contribution < -0.4 is 10.5 Å². The van der Waals surface area contributed by atoms with Gasteiger partial charge in [-0.3, -0.25) is 0 Å². The number of ether oxygens (including phenoxy) is 2. The van der Waals surface area contributed by atoms with Crippen molar-refractivity contribution in [3.8, 4) is 16.9 Å². The minimum Gasteiger partial charge on any atom is -0.491 e. The molecule has 0 atom stereocenters. The second-order valence-corrected chi connectivity index (χ2v) is 9.93. The first-order valence-corrected chi connectivity index (χ1v) is 12.1. The normalized spacial score (nSPS) is 28.9. The number of hydrogen-bond acceptors (Lipinski definition) is 6. The van der Waals surface area contributed by atoms with Gasteiger partial charge < -0.3 is 24.6 Å². The van der Waals surface area contributed by atoms with Crippen LogP contribution in [0.1, 0.15) is 57.4 Å². The Balaban J connectivity index is 1.31. The third-order valence-corrected chi connectivity index (χ3v) is 7.87. The minimum absolute atomic E-state index is 0.102. The number of carbonyl (C=O) groups excluding carboxylic acids is 1. The van der Waals surface area contributed by atoms with Gasteiger partial charge >= 0.3 is 0 Å². The lowest BCUT2D eigenvalue weighted by Gasteiger charge is -2.27. The Labute approximate surface area is 193 Å². The molecule has 2 saturated heterocycles. The zero-order valence-electron chi connectivity index (χ0n) is 18.8. The lowest BCUT2D eigenvalue weighted by Crippen LogP contribution is -2.32. The first-order valence-electron chi connectivity index (χ1n) is 12.1. The lowest BCUT2D eigenvalue weighted by atomic mass is 9.87. The average Bonchev–Trinajstić information content (AvgIpc) is 3.57. The molecule has 7 heteroatoms. The van der Waals surface area contributed by atoms with Crippen molar-refractivity contribution in [3.63, 3.8) is 0 Å². The number of nitrogen functional groups attached to an aromatic ring is 1. The molecule has 0 spiro atoms. The number of hydrogen-bond donors (Lipinski definition) is 1. The molecular formula is C26H30N4O3. The maximum Gasteiger partial charge on any atom is 0.146 e. The Hall–Kier alpha value is -2.93. The summed E-state index contributed by atoms with van der Waals surface area (Å²) < 4.78 is 14.6. The highest BCUT2D eigenvalue weighted by Crippen LogP contribution is 2.44. The molecule has 2 aliphatic heterocycles. The SMILES string of the molecule is Nc1ncnc2c1c(-c1cccc(OCC34CCC(CC3)O4)c1)cn2C1CCC(C=O)CC1. The van der Waals surface area contributed by atoms with E-state index in [0.29, 0.717) is 24.6 Å². The summed E-state index contributed by atoms with van der Waals surface area (Å²) in [5, 5.41) is 0.878. The Morgan fingerprint density at radius 2 is 1.97 bits per heavy atom. The average molecular weight is 447 g/mol. The fourth-order valence-corrected chi connectivity index (χ4v) is 5.97. The van der Waals surface area contributed by atoms with Crippen LogP contribution in [0.4, 0.5) is 5.82 Å². The Kier molecular flexibility index (Phi) is 5.09. The van der Waals surface area contributed by atoms with Crippen molar-refractivity contribution in [1.29, 1.82) is 0 Å². The second kappa shape index (κ2) is 8.13. The van der Waals surface area contributed by atoms with Crippen LogP contribution in [0.2, 0.25) is 0 Å². The summed E-state index contributed by atoms with van der Waals surface area (Å²) in [6.07, 6.45) is 13.4. The predicted molar refractivity (Wildman–Crippen MR) is 126 cm³/mol. The monoisotopic (exact) mass is 446 g/mol. The van der Waals surface area contributed by atoms with E-state index in [9.17, 15) is 4.79 Å². The zero-order chi connectivity index (χ0) is 22.4. The third kappa shape index (κ3) is 3.68. The van der Waals surface area contributed by atoms with Gasteiger partial charge in [0, 0.05) is 23.7 Å². The molecule has 0 amide bonds. The Morgan fingerprint density at radius 3 is 2.70 bits per heavy atom. The first kappa shape index (κ1) is 20.7. The molecule has 1 saturated carbocycles. The minimum atomic E-state index is -0.102. The first-order chi connectivity index (χ1) is 16.1. The Morgan fingerprint density at radius 1 is 1.15 bits per heavy atom. The van der Waals surface area contributed by atoms with E-state index in [4.69, 9.17) is 15.2 Å². The van der Waals surface area contributed by atoms with Crippen LogP contribution in [0.25, 0.3) is 22.2 Å². The van der Waals surface area contributed by atoms with E-state index >= 15 is 0 Å². The van der Waals surface area contributed by atoms with E-state index in [1.165, 1.54) is 6.33 Å². The standard InChI is InChI=1S/C26H30N4O3/c27-24-23-22(13-30(25(23)29-16-28-24)19-6-4-17(14-31)5-7-19)18-2-1-3-21(12-18)32-15-26-10-8-20(33-26)9-11-26/h1-3,12-14,16-17,19-20H,4-11,15H2,(H2,27,28,29). The molecule has 33 heavy (non-hydrogen) atoms. The predicted octanol–water partition coefficient (Wildman–Crippen LogP) is 4.70. The fourth-order valence-electron chi connectivity index (χ4n) is 5.97. The number of nitrogens with zero attached hydrogens (tertiary/aromatic N) is 3. The van der Waals surface area contributed by atoms with Crippen LogP contribution in [-0.2, 0) is 9.53 Å². The number of nitrogens with two attached hydrogens (primary N) is 1. The van der Waals surface area contributed by atoms with Crippen LogP contribution in [0.15, 0.2) is 36.8 Å². The van der Waals surface area contributed by atoms with Crippen molar-refractivity contribution in [2.45, 2.75) is 69.1 Å². The number of fused-ring (bicyclic) bond motifs is 3. The quantitative estimate of drug-likeness (QED) is 0.552. The summed E-state index contributed by atoms with van der Waals surface area (Å²) in [6.45, 7) is 0.597. The van der Waals surface area contributed by atoms with Crippen LogP contribution in [0, 0.1) is 5.92 Å². The molecule has 1 aliphatic carbocycles. The van der Waals surface area contributed by atoms with Crippen molar-refractivity contribution < 1.29 is 14.3 Å². The van der Waals surface area contributed by atoms with E-state index < -0.39 is 0 Å². The molecule has 3 fully saturated rings. The second-order valence-electron chi connectivity index (χ2n) is 9.93. The smallest absolute Gasteiger partial charge is 0.146 e. The van der Waals surface area contributed by atoms with Gasteiger partial charge in [-0.05, 0) is 69.1 Å². The van der Waals surface area contributed by atoms with Gasteiger partial charge in [0.15, 0.2) is 0 Å². The van der Waals surface area contributed by atoms with E-state index in [2.05, 4.69) is 32.9 Å². The summed E-state index contributed by atoms with van der Waals surface area (Å²) in [5.41, 5.74) is 9.15. The highest BCUT2D eigenvalue weighted by atomic mass is 16.6. The maximum absolute atomic E-state index is 11.2. The lowest BCUT2D eigenvalue weighted by molar-refractivity contribution is -0.112. The molecule has 172 valence electrons. The van der Waals surface area contributed by atoms with Gasteiger partial charge in [0.05, 0.1) is 11.5 Å². The van der Waals surface area contributed by atoms with Crippen molar-refractivity contribution in [1.82, 2.24) is 14.5 Å². The molecular weight excluding hydrogens is 416 g/mol. The summed E-state index contributed by atoms with van der Waals surface area (Å²) in [6, 6.07) is 8.49. The molecule has 3 aromatic rings. The number of anilines is 1. The van der Waals surface area contributed by atoms with Crippen molar-refractivity contribution in [3.05, 3.63) is 36.8 Å². The van der Waals surface area contributed by atoms with Gasteiger partial charge in [-0.2, -0.15) is 0 Å². The topological polar surface area (TPSA) is 92.3 Å². The fraction of sp³-hybridized carbons (Fsp3) is 0.500. The van der Waals surface area contributed by atoms with Gasteiger partial charge in [-0.25, -0.2) is 9.97 Å². The summed E-state index contributed by atoms with van der Waals surface area (Å²) in [4.78, 5) is 20.1. The summed E-state index contributed by atoms with van der Waals surface area (Å²) in [5.74, 6) is 1.50. The van der Waals surface area contributed by atoms with Crippen molar-refractivity contribution in [2.24, 2.45) is 5.92 Å². The van der Waals surface area contributed by atoms with Gasteiger partial charge in [0.2, 0.25) is 0 Å². The molecule has 3 aliphatic rings. The third-order valence-electron chi connectivity index (χ3n) is 7.87. The Bertz CT molecular complexity index is 1170. The van der Waals surface area contributed by atoms with Crippen molar-refractivity contribution in [2.75, 3.05) is 12.3 Å². The zero-order valence-corrected chi connectivity index (χ0v) is 18.8. The summed E-state index contributed by atoms with van der Waals surface area (Å²) >= 11 is 0. The van der Waals surface area contributed by atoms with Gasteiger partial charge in [0.25, 0.3) is 0 Å². The van der Waals surface area contributed by atoms with Crippen LogP contribution in [0.3, 0.4) is 0 Å². The molecule has 4 heterocycles. The molecule has 6 rings (SSSR count). The maximum atomic E-state index is 11.2.